The number of para-hydroxylation sites is 2. The average Bonchev–Trinajstić information content (AvgIpc) is 2.72. The van der Waals surface area contributed by atoms with Crippen molar-refractivity contribution in [2.45, 2.75) is 11.8 Å². The van der Waals surface area contributed by atoms with Crippen LogP contribution in [-0.2, 0) is 9.84 Å². The Bertz CT molecular complexity index is 1190. The van der Waals surface area contributed by atoms with Crippen LogP contribution in [0.4, 0.5) is 5.82 Å². The maximum atomic E-state index is 12.8. The normalized spacial score (nSPS) is 15.0. The Kier molecular flexibility index (Phi) is 4.96. The van der Waals surface area contributed by atoms with E-state index in [2.05, 4.69) is 9.88 Å². The molecule has 0 unspecified atom stereocenters. The Morgan fingerprint density at radius 3 is 2.24 bits per heavy atom. The second-order valence-corrected chi connectivity index (χ2v) is 9.22. The average molecular weight is 410 g/mol. The zero-order valence-corrected chi connectivity index (χ0v) is 17.2. The van der Waals surface area contributed by atoms with Gasteiger partial charge >= 0.3 is 0 Å². The number of rotatable bonds is 3. The molecule has 1 fully saturated rings. The lowest BCUT2D eigenvalue weighted by Gasteiger charge is -2.36. The number of nitrogens with zero attached hydrogens (tertiary/aromatic N) is 4. The largest absolute Gasteiger partial charge is 0.352 e. The number of sulfone groups is 1. The van der Waals surface area contributed by atoms with Crippen LogP contribution < -0.4 is 4.90 Å². The molecule has 2 heterocycles. The summed E-state index contributed by atoms with van der Waals surface area (Å²) >= 11 is 0. The van der Waals surface area contributed by atoms with Crippen LogP contribution in [0.1, 0.15) is 16.1 Å². The van der Waals surface area contributed by atoms with Crippen molar-refractivity contribution in [3.8, 4) is 0 Å². The van der Waals surface area contributed by atoms with Gasteiger partial charge in [0.1, 0.15) is 0 Å². The predicted octanol–water partition coefficient (Wildman–Crippen LogP) is 2.30. The standard InChI is InChI=1S/C21H22N4O3S/c1-15-20(23-19-9-4-3-8-18(19)22-15)24-10-12-25(13-11-24)21(26)16-6-5-7-17(14-16)29(2,27)28/h3-9,14H,10-13H2,1-2H3. The van der Waals surface area contributed by atoms with Gasteiger partial charge in [0, 0.05) is 38.0 Å². The number of hydrogen-bond acceptors (Lipinski definition) is 6. The Balaban J connectivity index is 1.50. The fourth-order valence-electron chi connectivity index (χ4n) is 3.54. The third-order valence-corrected chi connectivity index (χ3v) is 6.21. The van der Waals surface area contributed by atoms with E-state index in [1.807, 2.05) is 31.2 Å². The van der Waals surface area contributed by atoms with Crippen molar-refractivity contribution in [2.24, 2.45) is 0 Å². The molecule has 1 amide bonds. The van der Waals surface area contributed by atoms with Crippen molar-refractivity contribution in [1.82, 2.24) is 14.9 Å². The lowest BCUT2D eigenvalue weighted by atomic mass is 10.2. The molecular weight excluding hydrogens is 388 g/mol. The van der Waals surface area contributed by atoms with Crippen molar-refractivity contribution in [3.63, 3.8) is 0 Å². The SMILES string of the molecule is Cc1nc2ccccc2nc1N1CCN(C(=O)c2cccc(S(C)(=O)=O)c2)CC1. The van der Waals surface area contributed by atoms with Gasteiger partial charge in [0.25, 0.3) is 5.91 Å². The Labute approximate surface area is 169 Å². The van der Waals surface area contributed by atoms with Gasteiger partial charge in [0.2, 0.25) is 0 Å². The van der Waals surface area contributed by atoms with E-state index in [1.54, 1.807) is 17.0 Å². The van der Waals surface area contributed by atoms with Crippen LogP contribution in [0, 0.1) is 6.92 Å². The number of carbonyl (C=O) groups is 1. The molecule has 3 aromatic rings. The zero-order valence-electron chi connectivity index (χ0n) is 16.4. The topological polar surface area (TPSA) is 83.5 Å². The van der Waals surface area contributed by atoms with Crippen molar-refractivity contribution in [3.05, 3.63) is 59.8 Å². The van der Waals surface area contributed by atoms with Crippen LogP contribution in [0.25, 0.3) is 11.0 Å². The molecule has 0 radical (unpaired) electrons. The van der Waals surface area contributed by atoms with Gasteiger partial charge in [-0.25, -0.2) is 18.4 Å². The molecule has 0 bridgehead atoms. The van der Waals surface area contributed by atoms with Gasteiger partial charge < -0.3 is 9.80 Å². The molecular formula is C21H22N4O3S. The molecule has 0 saturated carbocycles. The first-order chi connectivity index (χ1) is 13.8. The predicted molar refractivity (Wildman–Crippen MR) is 112 cm³/mol. The molecule has 4 rings (SSSR count). The highest BCUT2D eigenvalue weighted by molar-refractivity contribution is 7.90. The van der Waals surface area contributed by atoms with Crippen molar-refractivity contribution in [1.29, 1.82) is 0 Å². The molecule has 0 aliphatic carbocycles. The lowest BCUT2D eigenvalue weighted by molar-refractivity contribution is 0.0746. The van der Waals surface area contributed by atoms with Crippen LogP contribution in [-0.4, -0.2) is 61.6 Å². The molecule has 0 N–H and O–H groups in total. The third kappa shape index (κ3) is 3.93. The van der Waals surface area contributed by atoms with Crippen molar-refractivity contribution < 1.29 is 13.2 Å². The number of benzene rings is 2. The first-order valence-corrected chi connectivity index (χ1v) is 11.3. The fraction of sp³-hybridized carbons (Fsp3) is 0.286. The van der Waals surface area contributed by atoms with E-state index in [-0.39, 0.29) is 10.8 Å². The Hall–Kier alpha value is -3.00. The summed E-state index contributed by atoms with van der Waals surface area (Å²) in [5, 5.41) is 0. The van der Waals surface area contributed by atoms with Crippen molar-refractivity contribution >= 4 is 32.6 Å². The molecule has 8 heteroatoms. The highest BCUT2D eigenvalue weighted by atomic mass is 32.2. The molecule has 1 aromatic heterocycles. The van der Waals surface area contributed by atoms with Crippen LogP contribution in [0.3, 0.4) is 0 Å². The summed E-state index contributed by atoms with van der Waals surface area (Å²) in [5.41, 5.74) is 2.98. The number of piperazine rings is 1. The van der Waals surface area contributed by atoms with Crippen LogP contribution in [0.2, 0.25) is 0 Å². The minimum absolute atomic E-state index is 0.156. The van der Waals surface area contributed by atoms with E-state index in [1.165, 1.54) is 12.1 Å². The number of fused-ring (bicyclic) bond motifs is 1. The smallest absolute Gasteiger partial charge is 0.254 e. The molecule has 1 aliphatic rings. The van der Waals surface area contributed by atoms with Crippen LogP contribution >= 0.6 is 0 Å². The quantitative estimate of drug-likeness (QED) is 0.659. The highest BCUT2D eigenvalue weighted by Gasteiger charge is 2.25. The minimum Gasteiger partial charge on any atom is -0.352 e. The van der Waals surface area contributed by atoms with E-state index in [0.29, 0.717) is 31.7 Å². The fourth-order valence-corrected chi connectivity index (χ4v) is 4.21. The number of carbonyl (C=O) groups excluding carboxylic acids is 1. The van der Waals surface area contributed by atoms with Crippen LogP contribution in [0.5, 0.6) is 0 Å². The highest BCUT2D eigenvalue weighted by Crippen LogP contribution is 2.22. The summed E-state index contributed by atoms with van der Waals surface area (Å²) in [5.74, 6) is 0.686. The van der Waals surface area contributed by atoms with E-state index in [0.717, 1.165) is 28.8 Å². The molecule has 150 valence electrons. The molecule has 1 saturated heterocycles. The van der Waals surface area contributed by atoms with Gasteiger partial charge in [0.05, 0.1) is 21.6 Å². The monoisotopic (exact) mass is 410 g/mol. The molecule has 0 atom stereocenters. The molecule has 2 aromatic carbocycles. The maximum absolute atomic E-state index is 12.8. The first-order valence-electron chi connectivity index (χ1n) is 9.41. The first kappa shape index (κ1) is 19.3. The number of anilines is 1. The third-order valence-electron chi connectivity index (χ3n) is 5.10. The van der Waals surface area contributed by atoms with Crippen LogP contribution in [0.15, 0.2) is 53.4 Å². The van der Waals surface area contributed by atoms with Gasteiger partial charge in [-0.2, -0.15) is 0 Å². The number of hydrogen-bond donors (Lipinski definition) is 0. The Morgan fingerprint density at radius 1 is 0.931 bits per heavy atom. The van der Waals surface area contributed by atoms with Gasteiger partial charge in [-0.3, -0.25) is 4.79 Å². The molecule has 7 nitrogen and oxygen atoms in total. The maximum Gasteiger partial charge on any atom is 0.254 e. The van der Waals surface area contributed by atoms with E-state index < -0.39 is 9.84 Å². The number of amides is 1. The summed E-state index contributed by atoms with van der Waals surface area (Å²) < 4.78 is 23.5. The Morgan fingerprint density at radius 2 is 1.59 bits per heavy atom. The molecule has 29 heavy (non-hydrogen) atoms. The van der Waals surface area contributed by atoms with Crippen molar-refractivity contribution in [2.75, 3.05) is 37.3 Å². The number of aromatic nitrogens is 2. The second-order valence-electron chi connectivity index (χ2n) is 7.20. The van der Waals surface area contributed by atoms with E-state index in [9.17, 15) is 13.2 Å². The van der Waals surface area contributed by atoms with Gasteiger partial charge in [0.15, 0.2) is 15.7 Å². The van der Waals surface area contributed by atoms with E-state index in [4.69, 9.17) is 4.98 Å². The molecule has 0 spiro atoms. The second kappa shape index (κ2) is 7.44. The zero-order chi connectivity index (χ0) is 20.6. The number of aryl methyl sites for hydroxylation is 1. The summed E-state index contributed by atoms with van der Waals surface area (Å²) in [7, 11) is -3.35. The summed E-state index contributed by atoms with van der Waals surface area (Å²) in [6.45, 7) is 4.31. The van der Waals surface area contributed by atoms with Gasteiger partial charge in [-0.05, 0) is 37.3 Å². The van der Waals surface area contributed by atoms with Gasteiger partial charge in [-0.15, -0.1) is 0 Å². The summed E-state index contributed by atoms with van der Waals surface area (Å²) in [4.78, 5) is 26.3. The molecule has 1 aliphatic heterocycles. The van der Waals surface area contributed by atoms with Gasteiger partial charge in [-0.1, -0.05) is 18.2 Å². The van der Waals surface area contributed by atoms with E-state index >= 15 is 0 Å². The lowest BCUT2D eigenvalue weighted by Crippen LogP contribution is -2.49. The summed E-state index contributed by atoms with van der Waals surface area (Å²) in [6, 6.07) is 14.0. The summed E-state index contributed by atoms with van der Waals surface area (Å²) in [6.07, 6.45) is 1.14. The minimum atomic E-state index is -3.35.